The molecule has 1 aliphatic rings. The molecule has 1 saturated heterocycles. The van der Waals surface area contributed by atoms with Crippen LogP contribution in [0.4, 0.5) is 0 Å². The van der Waals surface area contributed by atoms with Crippen LogP contribution in [0.25, 0.3) is 0 Å². The Kier molecular flexibility index (Phi) is 3.76. The minimum absolute atomic E-state index is 0.0125. The van der Waals surface area contributed by atoms with E-state index in [0.29, 0.717) is 17.3 Å². The number of thioether (sulfide) groups is 1. The molecule has 0 aromatic carbocycles. The van der Waals surface area contributed by atoms with Crippen molar-refractivity contribution in [3.8, 4) is 0 Å². The van der Waals surface area contributed by atoms with Crippen LogP contribution in [0.5, 0.6) is 0 Å². The molecule has 1 aromatic heterocycles. The Morgan fingerprint density at radius 3 is 2.59 bits per heavy atom. The van der Waals surface area contributed by atoms with Crippen molar-refractivity contribution in [2.75, 3.05) is 24.6 Å². The zero-order valence-electron chi connectivity index (χ0n) is 10.5. The van der Waals surface area contributed by atoms with Gasteiger partial charge in [0.15, 0.2) is 11.6 Å². The molecule has 0 atom stereocenters. The molecule has 5 heteroatoms. The molecule has 0 aliphatic carbocycles. The number of aromatic nitrogens is 1. The smallest absolute Gasteiger partial charge is 0.276 e. The van der Waals surface area contributed by atoms with E-state index < -0.39 is 0 Å². The Bertz CT molecular complexity index is 409. The van der Waals surface area contributed by atoms with Gasteiger partial charge in [0.25, 0.3) is 5.91 Å². The molecule has 1 aromatic rings. The summed E-state index contributed by atoms with van der Waals surface area (Å²) in [4.78, 5) is 18.4. The lowest BCUT2D eigenvalue weighted by Crippen LogP contribution is -2.38. The Morgan fingerprint density at radius 2 is 2.06 bits per heavy atom. The highest BCUT2D eigenvalue weighted by atomic mass is 32.2. The first kappa shape index (κ1) is 12.5. The van der Waals surface area contributed by atoms with E-state index in [-0.39, 0.29) is 11.8 Å². The van der Waals surface area contributed by atoms with Crippen molar-refractivity contribution in [2.24, 2.45) is 0 Å². The molecule has 0 unspecified atom stereocenters. The van der Waals surface area contributed by atoms with Gasteiger partial charge in [0, 0.05) is 30.5 Å². The van der Waals surface area contributed by atoms with Gasteiger partial charge in [-0.3, -0.25) is 4.79 Å². The van der Waals surface area contributed by atoms with E-state index in [1.807, 2.05) is 37.4 Å². The number of oxazole rings is 1. The van der Waals surface area contributed by atoms with Crippen LogP contribution in [-0.4, -0.2) is 40.4 Å². The topological polar surface area (TPSA) is 46.3 Å². The largest absolute Gasteiger partial charge is 0.445 e. The number of nitrogens with zero attached hydrogens (tertiary/aromatic N) is 2. The van der Waals surface area contributed by atoms with Gasteiger partial charge in [-0.15, -0.1) is 0 Å². The van der Waals surface area contributed by atoms with Gasteiger partial charge in [-0.25, -0.2) is 4.98 Å². The van der Waals surface area contributed by atoms with Crippen LogP contribution in [-0.2, 0) is 0 Å². The molecular formula is C12H18N2O2S. The number of carbonyl (C=O) groups excluding carboxylic acids is 1. The van der Waals surface area contributed by atoms with Gasteiger partial charge in [0.1, 0.15) is 5.76 Å². The van der Waals surface area contributed by atoms with Crippen LogP contribution in [0, 0.1) is 6.92 Å². The van der Waals surface area contributed by atoms with Crippen LogP contribution >= 0.6 is 11.8 Å². The normalized spacial score (nSPS) is 16.6. The van der Waals surface area contributed by atoms with E-state index >= 15 is 0 Å². The van der Waals surface area contributed by atoms with Crippen molar-refractivity contribution in [3.05, 3.63) is 17.3 Å². The summed E-state index contributed by atoms with van der Waals surface area (Å²) in [7, 11) is 0. The fraction of sp³-hybridized carbons (Fsp3) is 0.667. The van der Waals surface area contributed by atoms with Crippen LogP contribution in [0.1, 0.15) is 41.9 Å². The number of hydrogen-bond donors (Lipinski definition) is 0. The third-order valence-electron chi connectivity index (χ3n) is 2.81. The molecule has 1 amide bonds. The van der Waals surface area contributed by atoms with Gasteiger partial charge < -0.3 is 9.32 Å². The maximum atomic E-state index is 12.3. The summed E-state index contributed by atoms with van der Waals surface area (Å²) in [6, 6.07) is 0. The Hall–Kier alpha value is -0.970. The molecule has 2 rings (SSSR count). The summed E-state index contributed by atoms with van der Waals surface area (Å²) in [5, 5.41) is 0. The van der Waals surface area contributed by atoms with Crippen molar-refractivity contribution in [3.63, 3.8) is 0 Å². The van der Waals surface area contributed by atoms with E-state index in [4.69, 9.17) is 4.42 Å². The van der Waals surface area contributed by atoms with Gasteiger partial charge in [-0.05, 0) is 6.92 Å². The lowest BCUT2D eigenvalue weighted by molar-refractivity contribution is 0.0765. The number of rotatable bonds is 2. The first-order valence-corrected chi connectivity index (χ1v) is 7.09. The molecule has 4 nitrogen and oxygen atoms in total. The Labute approximate surface area is 106 Å². The predicted octanol–water partition coefficient (Wildman–Crippen LogP) is 2.30. The number of amides is 1. The molecule has 17 heavy (non-hydrogen) atoms. The lowest BCUT2D eigenvalue weighted by atomic mass is 10.2. The van der Waals surface area contributed by atoms with Gasteiger partial charge in [-0.1, -0.05) is 13.8 Å². The van der Waals surface area contributed by atoms with E-state index in [0.717, 1.165) is 24.6 Å². The highest BCUT2D eigenvalue weighted by Gasteiger charge is 2.24. The van der Waals surface area contributed by atoms with Gasteiger partial charge in [0.2, 0.25) is 0 Å². The summed E-state index contributed by atoms with van der Waals surface area (Å²) < 4.78 is 5.52. The molecule has 0 spiro atoms. The summed E-state index contributed by atoms with van der Waals surface area (Å²) in [6.07, 6.45) is 0. The third-order valence-corrected chi connectivity index (χ3v) is 3.75. The molecule has 94 valence electrons. The Balaban J connectivity index is 2.18. The summed E-state index contributed by atoms with van der Waals surface area (Å²) in [5.74, 6) is 3.54. The summed E-state index contributed by atoms with van der Waals surface area (Å²) in [6.45, 7) is 7.46. The second kappa shape index (κ2) is 5.12. The molecule has 2 heterocycles. The lowest BCUT2D eigenvalue weighted by Gasteiger charge is -2.25. The molecule has 0 N–H and O–H groups in total. The van der Waals surface area contributed by atoms with Crippen LogP contribution < -0.4 is 0 Å². The van der Waals surface area contributed by atoms with Gasteiger partial charge >= 0.3 is 0 Å². The fourth-order valence-corrected chi connectivity index (χ4v) is 2.68. The molecule has 1 aliphatic heterocycles. The molecular weight excluding hydrogens is 236 g/mol. The average Bonchev–Trinajstić information content (AvgIpc) is 2.72. The van der Waals surface area contributed by atoms with Gasteiger partial charge in [-0.2, -0.15) is 11.8 Å². The predicted molar refractivity (Wildman–Crippen MR) is 68.6 cm³/mol. The number of aryl methyl sites for hydroxylation is 1. The highest BCUT2D eigenvalue weighted by Crippen LogP contribution is 2.20. The molecule has 0 bridgehead atoms. The zero-order valence-corrected chi connectivity index (χ0v) is 11.3. The summed E-state index contributed by atoms with van der Waals surface area (Å²) >= 11 is 1.89. The van der Waals surface area contributed by atoms with Crippen molar-refractivity contribution in [1.29, 1.82) is 0 Å². The van der Waals surface area contributed by atoms with Crippen molar-refractivity contribution < 1.29 is 9.21 Å². The van der Waals surface area contributed by atoms with Crippen LogP contribution in [0.3, 0.4) is 0 Å². The average molecular weight is 254 g/mol. The Morgan fingerprint density at radius 1 is 1.41 bits per heavy atom. The maximum absolute atomic E-state index is 12.3. The molecule has 0 saturated carbocycles. The number of hydrogen-bond acceptors (Lipinski definition) is 4. The van der Waals surface area contributed by atoms with E-state index in [2.05, 4.69) is 4.98 Å². The first-order valence-electron chi connectivity index (χ1n) is 5.94. The monoisotopic (exact) mass is 254 g/mol. The van der Waals surface area contributed by atoms with E-state index in [1.165, 1.54) is 0 Å². The standard InChI is InChI=1S/C12H18N2O2S/c1-8(2)11-13-10(9(3)16-11)12(15)14-4-6-17-7-5-14/h8H,4-7H2,1-3H3. The number of carbonyl (C=O) groups is 1. The van der Waals surface area contributed by atoms with Crippen LogP contribution in [0.2, 0.25) is 0 Å². The zero-order chi connectivity index (χ0) is 12.4. The first-order chi connectivity index (χ1) is 8.09. The maximum Gasteiger partial charge on any atom is 0.276 e. The van der Waals surface area contributed by atoms with E-state index in [1.54, 1.807) is 0 Å². The SMILES string of the molecule is Cc1oc(C(C)C)nc1C(=O)N1CCSCC1. The van der Waals surface area contributed by atoms with Gasteiger partial charge in [0.05, 0.1) is 0 Å². The quantitative estimate of drug-likeness (QED) is 0.812. The second-order valence-electron chi connectivity index (χ2n) is 4.52. The second-order valence-corrected chi connectivity index (χ2v) is 5.74. The van der Waals surface area contributed by atoms with Crippen LogP contribution in [0.15, 0.2) is 4.42 Å². The molecule has 0 radical (unpaired) electrons. The van der Waals surface area contributed by atoms with Crippen molar-refractivity contribution in [2.45, 2.75) is 26.7 Å². The minimum Gasteiger partial charge on any atom is -0.445 e. The van der Waals surface area contributed by atoms with E-state index in [9.17, 15) is 4.79 Å². The highest BCUT2D eigenvalue weighted by molar-refractivity contribution is 7.99. The fourth-order valence-electron chi connectivity index (χ4n) is 1.78. The van der Waals surface area contributed by atoms with Crippen molar-refractivity contribution >= 4 is 17.7 Å². The van der Waals surface area contributed by atoms with Crippen molar-refractivity contribution in [1.82, 2.24) is 9.88 Å². The third kappa shape index (κ3) is 2.65. The summed E-state index contributed by atoms with van der Waals surface area (Å²) in [5.41, 5.74) is 0.487. The molecule has 1 fully saturated rings. The minimum atomic E-state index is 0.0125.